The zero-order valence-electron chi connectivity index (χ0n) is 8.15. The Hall–Kier alpha value is -1.65. The SMILES string of the molecule is CCc1nn(C)cc1CC(=O)C(=O)O. The van der Waals surface area contributed by atoms with Crippen LogP contribution < -0.4 is 0 Å². The third kappa shape index (κ3) is 2.18. The van der Waals surface area contributed by atoms with Gasteiger partial charge in [-0.2, -0.15) is 5.10 Å². The fraction of sp³-hybridized carbons (Fsp3) is 0.444. The lowest BCUT2D eigenvalue weighted by molar-refractivity contribution is -0.148. The molecule has 0 atom stereocenters. The van der Waals surface area contributed by atoms with E-state index in [0.29, 0.717) is 12.0 Å². The molecule has 0 aliphatic heterocycles. The Bertz CT molecular complexity index is 368. The number of rotatable bonds is 4. The number of aliphatic carboxylic acids is 1. The number of hydrogen-bond acceptors (Lipinski definition) is 3. The summed E-state index contributed by atoms with van der Waals surface area (Å²) >= 11 is 0. The molecule has 1 aromatic heterocycles. The van der Waals surface area contributed by atoms with Crippen LogP contribution in [-0.2, 0) is 29.5 Å². The minimum Gasteiger partial charge on any atom is -0.475 e. The smallest absolute Gasteiger partial charge is 0.372 e. The first-order chi connectivity index (χ1) is 6.54. The van der Waals surface area contributed by atoms with E-state index in [2.05, 4.69) is 5.10 Å². The van der Waals surface area contributed by atoms with Gasteiger partial charge in [0, 0.05) is 25.2 Å². The Morgan fingerprint density at radius 1 is 1.57 bits per heavy atom. The largest absolute Gasteiger partial charge is 0.475 e. The molecule has 0 amide bonds. The second kappa shape index (κ2) is 4.04. The molecular weight excluding hydrogens is 184 g/mol. The summed E-state index contributed by atoms with van der Waals surface area (Å²) in [6, 6.07) is 0. The average Bonchev–Trinajstić information content (AvgIpc) is 2.45. The lowest BCUT2D eigenvalue weighted by atomic mass is 10.1. The number of Topliss-reactive ketones (excluding diaryl/α,β-unsaturated/α-hetero) is 1. The van der Waals surface area contributed by atoms with Gasteiger partial charge in [-0.15, -0.1) is 0 Å². The van der Waals surface area contributed by atoms with Gasteiger partial charge in [0.25, 0.3) is 0 Å². The maximum Gasteiger partial charge on any atom is 0.372 e. The molecule has 0 saturated heterocycles. The van der Waals surface area contributed by atoms with Crippen molar-refractivity contribution in [3.63, 3.8) is 0 Å². The van der Waals surface area contributed by atoms with Crippen molar-refractivity contribution in [2.75, 3.05) is 0 Å². The van der Waals surface area contributed by atoms with Crippen LogP contribution in [0.1, 0.15) is 18.2 Å². The number of carboxylic acids is 1. The Morgan fingerprint density at radius 3 is 2.71 bits per heavy atom. The molecule has 5 heteroatoms. The number of nitrogens with zero attached hydrogens (tertiary/aromatic N) is 2. The lowest BCUT2D eigenvalue weighted by Gasteiger charge is -1.95. The predicted molar refractivity (Wildman–Crippen MR) is 48.9 cm³/mol. The molecule has 0 aliphatic rings. The van der Waals surface area contributed by atoms with E-state index in [1.165, 1.54) is 0 Å². The molecule has 0 aliphatic carbocycles. The molecule has 0 radical (unpaired) electrons. The number of carboxylic acid groups (broad SMARTS) is 1. The van der Waals surface area contributed by atoms with Crippen molar-refractivity contribution in [1.82, 2.24) is 9.78 Å². The van der Waals surface area contributed by atoms with Crippen LogP contribution in [0.4, 0.5) is 0 Å². The van der Waals surface area contributed by atoms with Crippen molar-refractivity contribution < 1.29 is 14.7 Å². The van der Waals surface area contributed by atoms with E-state index in [-0.39, 0.29) is 6.42 Å². The number of carbonyl (C=O) groups is 2. The molecule has 0 spiro atoms. The highest BCUT2D eigenvalue weighted by atomic mass is 16.4. The van der Waals surface area contributed by atoms with Crippen molar-refractivity contribution in [2.45, 2.75) is 19.8 Å². The second-order valence-electron chi connectivity index (χ2n) is 3.03. The van der Waals surface area contributed by atoms with Crippen LogP contribution in [0.3, 0.4) is 0 Å². The highest BCUT2D eigenvalue weighted by molar-refractivity contribution is 6.33. The maximum absolute atomic E-state index is 11.0. The van der Waals surface area contributed by atoms with Crippen LogP contribution in [0.2, 0.25) is 0 Å². The summed E-state index contributed by atoms with van der Waals surface area (Å²) in [7, 11) is 1.74. The van der Waals surface area contributed by atoms with Gasteiger partial charge in [-0.1, -0.05) is 6.92 Å². The molecule has 14 heavy (non-hydrogen) atoms. The molecule has 1 rings (SSSR count). The minimum atomic E-state index is -1.39. The third-order valence-electron chi connectivity index (χ3n) is 1.92. The number of carbonyl (C=O) groups excluding carboxylic acids is 1. The van der Waals surface area contributed by atoms with Crippen LogP contribution in [0.25, 0.3) is 0 Å². The third-order valence-corrected chi connectivity index (χ3v) is 1.92. The van der Waals surface area contributed by atoms with Crippen molar-refractivity contribution >= 4 is 11.8 Å². The van der Waals surface area contributed by atoms with Gasteiger partial charge in [0.1, 0.15) is 0 Å². The monoisotopic (exact) mass is 196 g/mol. The standard InChI is InChI=1S/C9H12N2O3/c1-3-7-6(5-11(2)10-7)4-8(12)9(13)14/h5H,3-4H2,1-2H3,(H,13,14). The first-order valence-electron chi connectivity index (χ1n) is 4.32. The number of aryl methyl sites for hydroxylation is 2. The zero-order valence-corrected chi connectivity index (χ0v) is 8.15. The Labute approximate surface area is 81.3 Å². The molecule has 0 bridgehead atoms. The van der Waals surface area contributed by atoms with Crippen molar-refractivity contribution in [3.8, 4) is 0 Å². The summed E-state index contributed by atoms with van der Waals surface area (Å²) in [5, 5.41) is 12.5. The van der Waals surface area contributed by atoms with Crippen LogP contribution in [-0.4, -0.2) is 26.6 Å². The molecule has 0 saturated carbocycles. The fourth-order valence-corrected chi connectivity index (χ4v) is 1.28. The number of ketones is 1. The summed E-state index contributed by atoms with van der Waals surface area (Å²) < 4.78 is 1.59. The molecule has 1 heterocycles. The molecular formula is C9H12N2O3. The van der Waals surface area contributed by atoms with Gasteiger partial charge in [-0.3, -0.25) is 9.48 Å². The van der Waals surface area contributed by atoms with Gasteiger partial charge >= 0.3 is 5.97 Å². The molecule has 1 aromatic rings. The van der Waals surface area contributed by atoms with Gasteiger partial charge in [0.2, 0.25) is 5.78 Å². The normalized spacial score (nSPS) is 10.1. The highest BCUT2D eigenvalue weighted by Gasteiger charge is 2.15. The summed E-state index contributed by atoms with van der Waals surface area (Å²) in [5.74, 6) is -2.19. The maximum atomic E-state index is 11.0. The van der Waals surface area contributed by atoms with E-state index < -0.39 is 11.8 Å². The first-order valence-corrected chi connectivity index (χ1v) is 4.32. The predicted octanol–water partition coefficient (Wildman–Crippen LogP) is 0.179. The first kappa shape index (κ1) is 10.4. The molecule has 0 fully saturated rings. The van der Waals surface area contributed by atoms with Gasteiger partial charge in [-0.25, -0.2) is 4.79 Å². The van der Waals surface area contributed by atoms with E-state index in [1.807, 2.05) is 6.92 Å². The number of aromatic nitrogens is 2. The van der Waals surface area contributed by atoms with Crippen LogP contribution in [0, 0.1) is 0 Å². The Kier molecular flexibility index (Phi) is 3.01. The van der Waals surface area contributed by atoms with E-state index in [4.69, 9.17) is 5.11 Å². The van der Waals surface area contributed by atoms with Crippen molar-refractivity contribution in [2.24, 2.45) is 7.05 Å². The van der Waals surface area contributed by atoms with E-state index >= 15 is 0 Å². The molecule has 1 N–H and O–H groups in total. The quantitative estimate of drug-likeness (QED) is 0.697. The molecule has 0 unspecified atom stereocenters. The highest BCUT2D eigenvalue weighted by Crippen LogP contribution is 2.08. The van der Waals surface area contributed by atoms with E-state index in [1.54, 1.807) is 17.9 Å². The van der Waals surface area contributed by atoms with Crippen LogP contribution in [0.5, 0.6) is 0 Å². The van der Waals surface area contributed by atoms with E-state index in [0.717, 1.165) is 5.69 Å². The topological polar surface area (TPSA) is 72.2 Å². The molecule has 5 nitrogen and oxygen atoms in total. The summed E-state index contributed by atoms with van der Waals surface area (Å²) in [5.41, 5.74) is 1.48. The number of hydrogen-bond donors (Lipinski definition) is 1. The fourth-order valence-electron chi connectivity index (χ4n) is 1.28. The molecule has 76 valence electrons. The van der Waals surface area contributed by atoms with Crippen LogP contribution >= 0.6 is 0 Å². The molecule has 0 aromatic carbocycles. The van der Waals surface area contributed by atoms with Crippen molar-refractivity contribution in [1.29, 1.82) is 0 Å². The summed E-state index contributed by atoms with van der Waals surface area (Å²) in [6.45, 7) is 1.91. The lowest BCUT2D eigenvalue weighted by Crippen LogP contribution is -2.15. The van der Waals surface area contributed by atoms with E-state index in [9.17, 15) is 9.59 Å². The van der Waals surface area contributed by atoms with Gasteiger partial charge in [0.05, 0.1) is 5.69 Å². The van der Waals surface area contributed by atoms with Gasteiger partial charge < -0.3 is 5.11 Å². The summed E-state index contributed by atoms with van der Waals surface area (Å²) in [6.07, 6.45) is 2.30. The summed E-state index contributed by atoms with van der Waals surface area (Å²) in [4.78, 5) is 21.3. The Morgan fingerprint density at radius 2 is 2.21 bits per heavy atom. The van der Waals surface area contributed by atoms with Crippen molar-refractivity contribution in [3.05, 3.63) is 17.5 Å². The van der Waals surface area contributed by atoms with Gasteiger partial charge in [0.15, 0.2) is 0 Å². The Balaban J connectivity index is 2.85. The van der Waals surface area contributed by atoms with Crippen LogP contribution in [0.15, 0.2) is 6.20 Å². The van der Waals surface area contributed by atoms with Gasteiger partial charge in [-0.05, 0) is 6.42 Å². The zero-order chi connectivity index (χ0) is 10.7. The minimum absolute atomic E-state index is 0.0770. The average molecular weight is 196 g/mol. The second-order valence-corrected chi connectivity index (χ2v) is 3.03.